The summed E-state index contributed by atoms with van der Waals surface area (Å²) in [5.74, 6) is 1.44. The lowest BCUT2D eigenvalue weighted by atomic mass is 10.3. The first-order valence-corrected chi connectivity index (χ1v) is 8.37. The predicted octanol–water partition coefficient (Wildman–Crippen LogP) is 3.00. The van der Waals surface area contributed by atoms with Gasteiger partial charge in [0.15, 0.2) is 0 Å². The van der Waals surface area contributed by atoms with Crippen LogP contribution in [0.1, 0.15) is 19.5 Å². The Hall–Kier alpha value is -2.58. The van der Waals surface area contributed by atoms with E-state index >= 15 is 0 Å². The molecule has 0 radical (unpaired) electrons. The number of nitrogens with zero attached hydrogens (tertiary/aromatic N) is 5. The SMILES string of the molecule is CC(C)Oc1cccc(N2CCN(c3nccc(C(F)(F)F)n3)CC2)n1. The van der Waals surface area contributed by atoms with Crippen LogP contribution in [0.4, 0.5) is 24.9 Å². The van der Waals surface area contributed by atoms with Crippen LogP contribution in [0.2, 0.25) is 0 Å². The molecule has 2 aromatic heterocycles. The zero-order valence-corrected chi connectivity index (χ0v) is 14.6. The second-order valence-corrected chi connectivity index (χ2v) is 6.21. The molecule has 1 aliphatic heterocycles. The minimum atomic E-state index is -4.47. The first kappa shape index (κ1) is 18.2. The van der Waals surface area contributed by atoms with Crippen LogP contribution in [-0.4, -0.2) is 47.2 Å². The molecule has 0 aromatic carbocycles. The van der Waals surface area contributed by atoms with Crippen LogP contribution >= 0.6 is 0 Å². The number of hydrogen-bond acceptors (Lipinski definition) is 6. The van der Waals surface area contributed by atoms with Gasteiger partial charge in [0.25, 0.3) is 0 Å². The highest BCUT2D eigenvalue weighted by Gasteiger charge is 2.33. The summed E-state index contributed by atoms with van der Waals surface area (Å²) in [6.07, 6.45) is -3.29. The van der Waals surface area contributed by atoms with Crippen LogP contribution in [0, 0.1) is 0 Å². The Bertz CT molecular complexity index is 745. The highest BCUT2D eigenvalue weighted by Crippen LogP contribution is 2.28. The molecular weight excluding hydrogens is 347 g/mol. The fraction of sp³-hybridized carbons (Fsp3) is 0.471. The lowest BCUT2D eigenvalue weighted by molar-refractivity contribution is -0.141. The molecule has 0 atom stereocenters. The van der Waals surface area contributed by atoms with Crippen molar-refractivity contribution in [2.75, 3.05) is 36.0 Å². The molecule has 0 spiro atoms. The van der Waals surface area contributed by atoms with E-state index in [1.54, 1.807) is 11.0 Å². The maximum atomic E-state index is 12.8. The van der Waals surface area contributed by atoms with E-state index in [1.165, 1.54) is 0 Å². The van der Waals surface area contributed by atoms with Gasteiger partial charge in [-0.15, -0.1) is 0 Å². The van der Waals surface area contributed by atoms with Crippen molar-refractivity contribution in [3.63, 3.8) is 0 Å². The Morgan fingerprint density at radius 2 is 1.69 bits per heavy atom. The summed E-state index contributed by atoms with van der Waals surface area (Å²) in [7, 11) is 0. The first-order valence-electron chi connectivity index (χ1n) is 8.37. The standard InChI is InChI=1S/C17H20F3N5O/c1-12(2)26-15-5-3-4-14(23-15)24-8-10-25(11-9-24)16-21-7-6-13(22-16)17(18,19)20/h3-7,12H,8-11H2,1-2H3. The van der Waals surface area contributed by atoms with Crippen molar-refractivity contribution in [2.45, 2.75) is 26.1 Å². The Balaban J connectivity index is 1.66. The second kappa shape index (κ2) is 7.35. The molecule has 0 aliphatic carbocycles. The molecular formula is C17H20F3N5O. The van der Waals surface area contributed by atoms with Crippen LogP contribution in [0.25, 0.3) is 0 Å². The third kappa shape index (κ3) is 4.33. The van der Waals surface area contributed by atoms with Crippen molar-refractivity contribution in [1.29, 1.82) is 0 Å². The maximum absolute atomic E-state index is 12.8. The van der Waals surface area contributed by atoms with E-state index in [1.807, 2.05) is 26.0 Å². The van der Waals surface area contributed by atoms with Gasteiger partial charge in [-0.25, -0.2) is 9.97 Å². The molecule has 3 rings (SSSR count). The molecule has 3 heterocycles. The lowest BCUT2D eigenvalue weighted by Crippen LogP contribution is -2.47. The van der Waals surface area contributed by atoms with E-state index < -0.39 is 11.9 Å². The summed E-state index contributed by atoms with van der Waals surface area (Å²) >= 11 is 0. The maximum Gasteiger partial charge on any atom is 0.433 e. The zero-order chi connectivity index (χ0) is 18.7. The predicted molar refractivity (Wildman–Crippen MR) is 91.5 cm³/mol. The Labute approximate surface area is 149 Å². The third-order valence-corrected chi connectivity index (χ3v) is 3.89. The number of anilines is 2. The summed E-state index contributed by atoms with van der Waals surface area (Å²) in [6, 6.07) is 6.45. The Morgan fingerprint density at radius 3 is 2.35 bits per heavy atom. The van der Waals surface area contributed by atoms with E-state index in [2.05, 4.69) is 19.9 Å². The number of halogens is 3. The van der Waals surface area contributed by atoms with Gasteiger partial charge in [0.2, 0.25) is 11.8 Å². The largest absolute Gasteiger partial charge is 0.475 e. The number of piperazine rings is 1. The fourth-order valence-electron chi connectivity index (χ4n) is 2.68. The summed E-state index contributed by atoms with van der Waals surface area (Å²) in [4.78, 5) is 15.9. The van der Waals surface area contributed by atoms with E-state index in [4.69, 9.17) is 4.74 Å². The number of pyridine rings is 1. The molecule has 0 bridgehead atoms. The van der Waals surface area contributed by atoms with Gasteiger partial charge in [-0.2, -0.15) is 18.2 Å². The average Bonchev–Trinajstić information content (AvgIpc) is 2.61. The van der Waals surface area contributed by atoms with Crippen LogP contribution in [0.15, 0.2) is 30.5 Å². The van der Waals surface area contributed by atoms with Gasteiger partial charge in [-0.1, -0.05) is 6.07 Å². The van der Waals surface area contributed by atoms with E-state index in [9.17, 15) is 13.2 Å². The van der Waals surface area contributed by atoms with Crippen LogP contribution < -0.4 is 14.5 Å². The van der Waals surface area contributed by atoms with E-state index in [0.717, 1.165) is 18.1 Å². The Morgan fingerprint density at radius 1 is 1.00 bits per heavy atom. The summed E-state index contributed by atoms with van der Waals surface area (Å²) in [6.45, 7) is 6.11. The van der Waals surface area contributed by atoms with Gasteiger partial charge in [0.1, 0.15) is 11.5 Å². The van der Waals surface area contributed by atoms with Crippen molar-refractivity contribution >= 4 is 11.8 Å². The van der Waals surface area contributed by atoms with Crippen molar-refractivity contribution < 1.29 is 17.9 Å². The number of aromatic nitrogens is 3. The molecule has 9 heteroatoms. The topological polar surface area (TPSA) is 54.4 Å². The molecule has 1 saturated heterocycles. The van der Waals surface area contributed by atoms with E-state index in [-0.39, 0.29) is 12.1 Å². The van der Waals surface area contributed by atoms with Crippen molar-refractivity contribution in [3.05, 3.63) is 36.2 Å². The normalized spacial score (nSPS) is 15.5. The summed E-state index contributed by atoms with van der Waals surface area (Å²) < 4.78 is 44.0. The highest BCUT2D eigenvalue weighted by atomic mass is 19.4. The average molecular weight is 367 g/mol. The molecule has 0 unspecified atom stereocenters. The minimum Gasteiger partial charge on any atom is -0.475 e. The fourth-order valence-corrected chi connectivity index (χ4v) is 2.68. The first-order chi connectivity index (χ1) is 12.3. The second-order valence-electron chi connectivity index (χ2n) is 6.21. The summed E-state index contributed by atoms with van der Waals surface area (Å²) in [5, 5.41) is 0. The molecule has 26 heavy (non-hydrogen) atoms. The molecule has 0 N–H and O–H groups in total. The van der Waals surface area contributed by atoms with Gasteiger partial charge >= 0.3 is 6.18 Å². The molecule has 1 fully saturated rings. The molecule has 1 aliphatic rings. The van der Waals surface area contributed by atoms with Crippen LogP contribution in [0.3, 0.4) is 0 Å². The number of rotatable bonds is 4. The zero-order valence-electron chi connectivity index (χ0n) is 14.6. The summed E-state index contributed by atoms with van der Waals surface area (Å²) in [5.41, 5.74) is -0.926. The monoisotopic (exact) mass is 367 g/mol. The smallest absolute Gasteiger partial charge is 0.433 e. The number of hydrogen-bond donors (Lipinski definition) is 0. The number of alkyl halides is 3. The van der Waals surface area contributed by atoms with Gasteiger partial charge in [0.05, 0.1) is 6.10 Å². The molecule has 2 aromatic rings. The van der Waals surface area contributed by atoms with Gasteiger partial charge in [-0.3, -0.25) is 0 Å². The van der Waals surface area contributed by atoms with Gasteiger partial charge in [-0.05, 0) is 26.0 Å². The van der Waals surface area contributed by atoms with Crippen molar-refractivity contribution in [3.8, 4) is 5.88 Å². The van der Waals surface area contributed by atoms with Gasteiger partial charge in [0, 0.05) is 38.4 Å². The Kier molecular flexibility index (Phi) is 5.15. The third-order valence-electron chi connectivity index (χ3n) is 3.89. The minimum absolute atomic E-state index is 0.0349. The van der Waals surface area contributed by atoms with Crippen LogP contribution in [-0.2, 0) is 6.18 Å². The quantitative estimate of drug-likeness (QED) is 0.828. The molecule has 140 valence electrons. The number of ether oxygens (including phenoxy) is 1. The molecule has 0 saturated carbocycles. The van der Waals surface area contributed by atoms with Gasteiger partial charge < -0.3 is 14.5 Å². The highest BCUT2D eigenvalue weighted by molar-refractivity contribution is 5.44. The van der Waals surface area contributed by atoms with Crippen molar-refractivity contribution in [2.24, 2.45) is 0 Å². The molecule has 6 nitrogen and oxygen atoms in total. The lowest BCUT2D eigenvalue weighted by Gasteiger charge is -2.35. The van der Waals surface area contributed by atoms with Crippen molar-refractivity contribution in [1.82, 2.24) is 15.0 Å². The molecule has 0 amide bonds. The van der Waals surface area contributed by atoms with E-state index in [0.29, 0.717) is 32.1 Å². The van der Waals surface area contributed by atoms with Crippen LogP contribution in [0.5, 0.6) is 5.88 Å².